The summed E-state index contributed by atoms with van der Waals surface area (Å²) in [6.45, 7) is 3.62. The maximum atomic E-state index is 13.0. The first-order chi connectivity index (χ1) is 11.7. The van der Waals surface area contributed by atoms with Crippen molar-refractivity contribution in [1.82, 2.24) is 14.7 Å². The van der Waals surface area contributed by atoms with E-state index in [2.05, 4.69) is 12.0 Å². The second-order valence-electron chi connectivity index (χ2n) is 5.80. The molecule has 2 heterocycles. The van der Waals surface area contributed by atoms with Crippen molar-refractivity contribution in [2.45, 2.75) is 32.4 Å². The van der Waals surface area contributed by atoms with Crippen molar-refractivity contribution in [3.8, 4) is 11.5 Å². The van der Waals surface area contributed by atoms with Crippen molar-refractivity contribution < 1.29 is 14.3 Å². The molecule has 3 rings (SSSR count). The van der Waals surface area contributed by atoms with Gasteiger partial charge in [-0.1, -0.05) is 0 Å². The van der Waals surface area contributed by atoms with Crippen LogP contribution in [-0.2, 0) is 6.54 Å². The predicted molar refractivity (Wildman–Crippen MR) is 90.5 cm³/mol. The molecule has 0 bridgehead atoms. The van der Waals surface area contributed by atoms with Crippen molar-refractivity contribution in [3.05, 3.63) is 41.7 Å². The van der Waals surface area contributed by atoms with Gasteiger partial charge in [-0.25, -0.2) is 0 Å². The Morgan fingerprint density at radius 1 is 1.25 bits per heavy atom. The van der Waals surface area contributed by atoms with Gasteiger partial charge in [0.1, 0.15) is 0 Å². The van der Waals surface area contributed by atoms with Crippen LogP contribution in [0.15, 0.2) is 30.5 Å². The summed E-state index contributed by atoms with van der Waals surface area (Å²) in [5.41, 5.74) is 1.71. The highest BCUT2D eigenvalue weighted by molar-refractivity contribution is 5.95. The molecule has 6 heteroatoms. The standard InChI is InChI=1S/C18H23N3O3/c1-4-21-15(9-10-19-21)14-6-5-11-20(14)18(22)13-7-8-16(23-2)17(12-13)24-3/h7-10,12,14H,4-6,11H2,1-3H3. The fourth-order valence-corrected chi connectivity index (χ4v) is 3.34. The highest BCUT2D eigenvalue weighted by atomic mass is 16.5. The van der Waals surface area contributed by atoms with E-state index in [0.29, 0.717) is 17.1 Å². The molecular weight excluding hydrogens is 306 g/mol. The Morgan fingerprint density at radius 3 is 2.75 bits per heavy atom. The first kappa shape index (κ1) is 16.4. The zero-order valence-corrected chi connectivity index (χ0v) is 14.4. The molecule has 1 aliphatic heterocycles. The first-order valence-corrected chi connectivity index (χ1v) is 8.24. The summed E-state index contributed by atoms with van der Waals surface area (Å²) >= 11 is 0. The molecule has 1 amide bonds. The van der Waals surface area contributed by atoms with Crippen molar-refractivity contribution in [3.63, 3.8) is 0 Å². The van der Waals surface area contributed by atoms with Crippen LogP contribution in [0.1, 0.15) is 41.9 Å². The number of methoxy groups -OCH3 is 2. The van der Waals surface area contributed by atoms with E-state index in [-0.39, 0.29) is 11.9 Å². The van der Waals surface area contributed by atoms with Crippen LogP contribution < -0.4 is 9.47 Å². The highest BCUT2D eigenvalue weighted by Gasteiger charge is 2.32. The average Bonchev–Trinajstić information content (AvgIpc) is 3.28. The van der Waals surface area contributed by atoms with E-state index in [1.54, 1.807) is 38.6 Å². The molecule has 128 valence electrons. The van der Waals surface area contributed by atoms with E-state index in [9.17, 15) is 4.79 Å². The molecule has 1 unspecified atom stereocenters. The van der Waals surface area contributed by atoms with E-state index in [4.69, 9.17) is 9.47 Å². The summed E-state index contributed by atoms with van der Waals surface area (Å²) in [7, 11) is 3.16. The normalized spacial score (nSPS) is 17.1. The Morgan fingerprint density at radius 2 is 2.04 bits per heavy atom. The van der Waals surface area contributed by atoms with Crippen molar-refractivity contribution in [2.75, 3.05) is 20.8 Å². The molecular formula is C18H23N3O3. The Hall–Kier alpha value is -2.50. The van der Waals surface area contributed by atoms with Crippen LogP contribution in [0.3, 0.4) is 0 Å². The van der Waals surface area contributed by atoms with E-state index in [0.717, 1.165) is 31.6 Å². The largest absolute Gasteiger partial charge is 0.493 e. The third-order valence-corrected chi connectivity index (χ3v) is 4.53. The molecule has 1 aromatic heterocycles. The molecule has 0 spiro atoms. The Balaban J connectivity index is 1.89. The molecule has 1 fully saturated rings. The summed E-state index contributed by atoms with van der Waals surface area (Å²) in [4.78, 5) is 15.0. The number of amides is 1. The fourth-order valence-electron chi connectivity index (χ4n) is 3.34. The van der Waals surface area contributed by atoms with Crippen molar-refractivity contribution in [1.29, 1.82) is 0 Å². The monoisotopic (exact) mass is 329 g/mol. The number of hydrogen-bond acceptors (Lipinski definition) is 4. The summed E-state index contributed by atoms with van der Waals surface area (Å²) in [5.74, 6) is 1.20. The molecule has 24 heavy (non-hydrogen) atoms. The first-order valence-electron chi connectivity index (χ1n) is 8.24. The van der Waals surface area contributed by atoms with Crippen LogP contribution in [0.4, 0.5) is 0 Å². The summed E-state index contributed by atoms with van der Waals surface area (Å²) in [6, 6.07) is 7.39. The Bertz CT molecular complexity index is 726. The quantitative estimate of drug-likeness (QED) is 0.846. The zero-order chi connectivity index (χ0) is 17.1. The lowest BCUT2D eigenvalue weighted by molar-refractivity contribution is 0.0729. The van der Waals surface area contributed by atoms with Gasteiger partial charge in [-0.15, -0.1) is 0 Å². The van der Waals surface area contributed by atoms with Gasteiger partial charge < -0.3 is 14.4 Å². The van der Waals surface area contributed by atoms with Gasteiger partial charge in [0.2, 0.25) is 0 Å². The van der Waals surface area contributed by atoms with Gasteiger partial charge in [-0.2, -0.15) is 5.10 Å². The lowest BCUT2D eigenvalue weighted by atomic mass is 10.1. The van der Waals surface area contributed by atoms with E-state index in [1.165, 1.54) is 0 Å². The number of hydrogen-bond donors (Lipinski definition) is 0. The van der Waals surface area contributed by atoms with E-state index in [1.807, 2.05) is 15.6 Å². The molecule has 1 saturated heterocycles. The smallest absolute Gasteiger partial charge is 0.254 e. The molecule has 1 atom stereocenters. The fraction of sp³-hybridized carbons (Fsp3) is 0.444. The van der Waals surface area contributed by atoms with Gasteiger partial charge >= 0.3 is 0 Å². The molecule has 1 aliphatic rings. The van der Waals surface area contributed by atoms with E-state index >= 15 is 0 Å². The number of carbonyl (C=O) groups excluding carboxylic acids is 1. The number of aromatic nitrogens is 2. The van der Waals surface area contributed by atoms with Crippen molar-refractivity contribution in [2.24, 2.45) is 0 Å². The lowest BCUT2D eigenvalue weighted by Gasteiger charge is -2.25. The topological polar surface area (TPSA) is 56.6 Å². The zero-order valence-electron chi connectivity index (χ0n) is 14.4. The number of aryl methyl sites for hydroxylation is 1. The van der Waals surface area contributed by atoms with Gasteiger partial charge in [0.15, 0.2) is 11.5 Å². The molecule has 6 nitrogen and oxygen atoms in total. The molecule has 0 N–H and O–H groups in total. The minimum atomic E-state index is 0.0160. The van der Waals surface area contributed by atoms with Crippen LogP contribution >= 0.6 is 0 Å². The second kappa shape index (κ2) is 6.95. The third kappa shape index (κ3) is 2.84. The number of nitrogens with zero attached hydrogens (tertiary/aromatic N) is 3. The highest BCUT2D eigenvalue weighted by Crippen LogP contribution is 2.34. The molecule has 0 aliphatic carbocycles. The summed E-state index contributed by atoms with van der Waals surface area (Å²) < 4.78 is 12.5. The molecule has 0 saturated carbocycles. The lowest BCUT2D eigenvalue weighted by Crippen LogP contribution is -2.31. The second-order valence-corrected chi connectivity index (χ2v) is 5.80. The predicted octanol–water partition coefficient (Wildman–Crippen LogP) is 2.90. The van der Waals surface area contributed by atoms with Crippen LogP contribution in [0.5, 0.6) is 11.5 Å². The maximum absolute atomic E-state index is 13.0. The van der Waals surface area contributed by atoms with Gasteiger partial charge in [0.25, 0.3) is 5.91 Å². The number of rotatable bonds is 5. The minimum absolute atomic E-state index is 0.0160. The van der Waals surface area contributed by atoms with E-state index < -0.39 is 0 Å². The summed E-state index contributed by atoms with van der Waals surface area (Å²) in [6.07, 6.45) is 3.76. The van der Waals surface area contributed by atoms with Gasteiger partial charge in [-0.05, 0) is 44.0 Å². The Labute approximate surface area is 142 Å². The number of ether oxygens (including phenoxy) is 2. The number of likely N-dealkylation sites (tertiary alicyclic amines) is 1. The van der Waals surface area contributed by atoms with Crippen LogP contribution in [-0.4, -0.2) is 41.4 Å². The maximum Gasteiger partial charge on any atom is 0.254 e. The minimum Gasteiger partial charge on any atom is -0.493 e. The van der Waals surface area contributed by atoms with Crippen molar-refractivity contribution >= 4 is 5.91 Å². The SMILES string of the molecule is CCn1nccc1C1CCCN1C(=O)c1ccc(OC)c(OC)c1. The van der Waals surface area contributed by atoms with Crippen LogP contribution in [0, 0.1) is 0 Å². The van der Waals surface area contributed by atoms with Gasteiger partial charge in [-0.3, -0.25) is 9.48 Å². The average molecular weight is 329 g/mol. The Kier molecular flexibility index (Phi) is 4.74. The number of carbonyl (C=O) groups is 1. The van der Waals surface area contributed by atoms with Gasteiger partial charge in [0, 0.05) is 24.8 Å². The van der Waals surface area contributed by atoms with Gasteiger partial charge in [0.05, 0.1) is 26.0 Å². The van der Waals surface area contributed by atoms with Crippen LogP contribution in [0.2, 0.25) is 0 Å². The van der Waals surface area contributed by atoms with Crippen LogP contribution in [0.25, 0.3) is 0 Å². The third-order valence-electron chi connectivity index (χ3n) is 4.53. The molecule has 1 aromatic carbocycles. The summed E-state index contributed by atoms with van der Waals surface area (Å²) in [5, 5.41) is 4.34. The molecule has 0 radical (unpaired) electrons. The molecule has 2 aromatic rings. The number of benzene rings is 1.